The molecule has 0 bridgehead atoms. The first kappa shape index (κ1) is 17.2. The van der Waals surface area contributed by atoms with Gasteiger partial charge in [-0.25, -0.2) is 4.39 Å². The van der Waals surface area contributed by atoms with E-state index in [1.165, 1.54) is 24.3 Å². The predicted octanol–water partition coefficient (Wildman–Crippen LogP) is 3.81. The van der Waals surface area contributed by atoms with Crippen LogP contribution in [0.4, 0.5) is 4.39 Å². The number of amides is 1. The van der Waals surface area contributed by atoms with Gasteiger partial charge in [-0.15, -0.1) is 0 Å². The van der Waals surface area contributed by atoms with E-state index in [1.807, 2.05) is 12.1 Å². The molecule has 5 heteroatoms. The van der Waals surface area contributed by atoms with Gasteiger partial charge in [0.2, 0.25) is 5.91 Å². The lowest BCUT2D eigenvalue weighted by Crippen LogP contribution is -2.31. The molecule has 0 fully saturated rings. The van der Waals surface area contributed by atoms with Crippen molar-refractivity contribution in [3.63, 3.8) is 0 Å². The smallest absolute Gasteiger partial charge is 0.230 e. The molecule has 1 atom stereocenters. The Labute approximate surface area is 139 Å². The Morgan fingerprint density at radius 1 is 1.17 bits per heavy atom. The third-order valence-corrected chi connectivity index (χ3v) is 3.86. The maximum Gasteiger partial charge on any atom is 0.230 e. The van der Waals surface area contributed by atoms with E-state index < -0.39 is 5.92 Å². The lowest BCUT2D eigenvalue weighted by molar-refractivity contribution is -0.133. The molecule has 0 saturated carbocycles. The molecule has 3 nitrogen and oxygen atoms in total. The molecule has 0 radical (unpaired) electrons. The standard InChI is InChI=1S/C18H17ClFNO2/c1-21(12-13-2-6-15(19)7-3-13)18(23)17(10-11-22)14-4-8-16(20)9-5-14/h2-9,11,17H,10,12H2,1H3. The first-order valence-corrected chi connectivity index (χ1v) is 7.57. The van der Waals surface area contributed by atoms with E-state index in [-0.39, 0.29) is 18.1 Å². The van der Waals surface area contributed by atoms with Gasteiger partial charge in [-0.05, 0) is 35.4 Å². The summed E-state index contributed by atoms with van der Waals surface area (Å²) in [4.78, 5) is 25.1. The summed E-state index contributed by atoms with van der Waals surface area (Å²) >= 11 is 5.85. The van der Waals surface area contributed by atoms with Gasteiger partial charge in [-0.2, -0.15) is 0 Å². The van der Waals surface area contributed by atoms with E-state index in [2.05, 4.69) is 0 Å². The molecule has 1 unspecified atom stereocenters. The van der Waals surface area contributed by atoms with Crippen molar-refractivity contribution < 1.29 is 14.0 Å². The van der Waals surface area contributed by atoms with Crippen molar-refractivity contribution >= 4 is 23.8 Å². The normalized spacial score (nSPS) is 11.8. The van der Waals surface area contributed by atoms with Crippen LogP contribution < -0.4 is 0 Å². The number of likely N-dealkylation sites (N-methyl/N-ethyl adjacent to an activating group) is 1. The summed E-state index contributed by atoms with van der Waals surface area (Å²) in [5, 5.41) is 0.632. The molecule has 0 N–H and O–H groups in total. The summed E-state index contributed by atoms with van der Waals surface area (Å²) in [5.41, 5.74) is 1.57. The molecule has 2 aromatic rings. The number of aldehydes is 1. The molecule has 1 amide bonds. The largest absolute Gasteiger partial charge is 0.341 e. The van der Waals surface area contributed by atoms with Crippen LogP contribution in [-0.2, 0) is 16.1 Å². The number of halogens is 2. The van der Waals surface area contributed by atoms with Gasteiger partial charge < -0.3 is 9.69 Å². The van der Waals surface area contributed by atoms with Crippen molar-refractivity contribution in [3.8, 4) is 0 Å². The fraction of sp³-hybridized carbons (Fsp3) is 0.222. The summed E-state index contributed by atoms with van der Waals surface area (Å²) < 4.78 is 13.0. The van der Waals surface area contributed by atoms with Crippen molar-refractivity contribution in [1.29, 1.82) is 0 Å². The fourth-order valence-corrected chi connectivity index (χ4v) is 2.50. The fourth-order valence-electron chi connectivity index (χ4n) is 2.38. The Balaban J connectivity index is 2.14. The highest BCUT2D eigenvalue weighted by molar-refractivity contribution is 6.30. The van der Waals surface area contributed by atoms with Crippen molar-refractivity contribution in [2.75, 3.05) is 7.05 Å². The van der Waals surface area contributed by atoms with E-state index in [4.69, 9.17) is 11.6 Å². The minimum atomic E-state index is -0.606. The number of hydrogen-bond donors (Lipinski definition) is 0. The van der Waals surface area contributed by atoms with E-state index in [9.17, 15) is 14.0 Å². The molecule has 0 saturated heterocycles. The van der Waals surface area contributed by atoms with E-state index in [1.54, 1.807) is 24.1 Å². The van der Waals surface area contributed by atoms with Crippen LogP contribution in [-0.4, -0.2) is 24.1 Å². The first-order valence-electron chi connectivity index (χ1n) is 7.19. The average molecular weight is 334 g/mol. The number of carbonyl (C=O) groups is 2. The van der Waals surface area contributed by atoms with Crippen molar-refractivity contribution in [2.45, 2.75) is 18.9 Å². The third-order valence-electron chi connectivity index (χ3n) is 3.61. The summed E-state index contributed by atoms with van der Waals surface area (Å²) in [6.07, 6.45) is 0.775. The predicted molar refractivity (Wildman–Crippen MR) is 87.7 cm³/mol. The molecule has 0 aromatic heterocycles. The van der Waals surface area contributed by atoms with Gasteiger partial charge in [0.15, 0.2) is 0 Å². The van der Waals surface area contributed by atoms with Crippen LogP contribution in [0.5, 0.6) is 0 Å². The van der Waals surface area contributed by atoms with Gasteiger partial charge in [-0.3, -0.25) is 4.79 Å². The zero-order valence-electron chi connectivity index (χ0n) is 12.7. The molecular weight excluding hydrogens is 317 g/mol. The summed E-state index contributed by atoms with van der Waals surface area (Å²) in [6.45, 7) is 0.409. The maximum absolute atomic E-state index is 13.0. The number of rotatable bonds is 6. The number of nitrogens with zero attached hydrogens (tertiary/aromatic N) is 1. The molecule has 0 spiro atoms. The van der Waals surface area contributed by atoms with E-state index >= 15 is 0 Å². The van der Waals surface area contributed by atoms with Crippen LogP contribution in [0.2, 0.25) is 5.02 Å². The molecule has 23 heavy (non-hydrogen) atoms. The average Bonchev–Trinajstić information content (AvgIpc) is 2.55. The van der Waals surface area contributed by atoms with E-state index in [0.717, 1.165) is 5.56 Å². The quantitative estimate of drug-likeness (QED) is 0.754. The topological polar surface area (TPSA) is 37.4 Å². The molecule has 0 aliphatic heterocycles. The minimum absolute atomic E-state index is 0.0649. The van der Waals surface area contributed by atoms with Gasteiger partial charge >= 0.3 is 0 Å². The highest BCUT2D eigenvalue weighted by atomic mass is 35.5. The van der Waals surface area contributed by atoms with Gasteiger partial charge in [0, 0.05) is 25.0 Å². The molecule has 120 valence electrons. The monoisotopic (exact) mass is 333 g/mol. The Bertz CT molecular complexity index is 670. The summed E-state index contributed by atoms with van der Waals surface area (Å²) in [6, 6.07) is 12.9. The Hall–Kier alpha value is -2.20. The second-order valence-electron chi connectivity index (χ2n) is 5.33. The lowest BCUT2D eigenvalue weighted by Gasteiger charge is -2.23. The number of hydrogen-bond acceptors (Lipinski definition) is 2. The van der Waals surface area contributed by atoms with Crippen molar-refractivity contribution in [2.24, 2.45) is 0 Å². The van der Waals surface area contributed by atoms with Crippen LogP contribution in [0.1, 0.15) is 23.5 Å². The van der Waals surface area contributed by atoms with E-state index in [0.29, 0.717) is 23.4 Å². The second-order valence-corrected chi connectivity index (χ2v) is 5.76. The Morgan fingerprint density at radius 3 is 2.35 bits per heavy atom. The van der Waals surface area contributed by atoms with Gasteiger partial charge in [0.25, 0.3) is 0 Å². The molecule has 2 rings (SSSR count). The van der Waals surface area contributed by atoms with Crippen LogP contribution >= 0.6 is 11.6 Å². The Morgan fingerprint density at radius 2 is 1.78 bits per heavy atom. The number of carbonyl (C=O) groups excluding carboxylic acids is 2. The Kier molecular flexibility index (Phi) is 5.88. The lowest BCUT2D eigenvalue weighted by atomic mass is 9.94. The van der Waals surface area contributed by atoms with Crippen LogP contribution in [0.3, 0.4) is 0 Å². The summed E-state index contributed by atoms with van der Waals surface area (Å²) in [7, 11) is 1.68. The molecule has 2 aromatic carbocycles. The third kappa shape index (κ3) is 4.63. The molecule has 0 aliphatic carbocycles. The first-order chi connectivity index (χ1) is 11.0. The van der Waals surface area contributed by atoms with Crippen molar-refractivity contribution in [1.82, 2.24) is 4.90 Å². The summed E-state index contributed by atoms with van der Waals surface area (Å²) in [5.74, 6) is -1.16. The van der Waals surface area contributed by atoms with Gasteiger partial charge in [0.05, 0.1) is 5.92 Å². The number of benzene rings is 2. The molecular formula is C18H17ClFNO2. The maximum atomic E-state index is 13.0. The van der Waals surface area contributed by atoms with Gasteiger partial charge in [0.1, 0.15) is 12.1 Å². The van der Waals surface area contributed by atoms with Gasteiger partial charge in [-0.1, -0.05) is 35.9 Å². The molecule has 0 heterocycles. The second kappa shape index (κ2) is 7.88. The zero-order valence-corrected chi connectivity index (χ0v) is 13.5. The van der Waals surface area contributed by atoms with Crippen LogP contribution in [0, 0.1) is 5.82 Å². The van der Waals surface area contributed by atoms with Crippen molar-refractivity contribution in [3.05, 3.63) is 70.5 Å². The minimum Gasteiger partial charge on any atom is -0.341 e. The van der Waals surface area contributed by atoms with Crippen LogP contribution in [0.25, 0.3) is 0 Å². The highest BCUT2D eigenvalue weighted by Crippen LogP contribution is 2.22. The molecule has 0 aliphatic rings. The highest BCUT2D eigenvalue weighted by Gasteiger charge is 2.23. The SMILES string of the molecule is CN(Cc1ccc(Cl)cc1)C(=O)C(CC=O)c1ccc(F)cc1. The zero-order chi connectivity index (χ0) is 16.8. The van der Waals surface area contributed by atoms with Crippen LogP contribution in [0.15, 0.2) is 48.5 Å².